The van der Waals surface area contributed by atoms with E-state index in [1.165, 1.54) is 12.1 Å². The van der Waals surface area contributed by atoms with E-state index in [1.54, 1.807) is 86.6 Å². The summed E-state index contributed by atoms with van der Waals surface area (Å²) in [5, 5.41) is 6.78. The molecular formula is C40H41F2N3O8. The Labute approximate surface area is 306 Å². The zero-order valence-corrected chi connectivity index (χ0v) is 29.4. The second kappa shape index (κ2) is 18.9. The number of methoxy groups -OCH3 is 1. The Morgan fingerprint density at radius 2 is 1.28 bits per heavy atom. The fraction of sp³-hybridized carbons (Fsp3) is 0.275. The molecule has 3 atom stereocenters. The SMILES string of the molecule is COC(=O)[C@H](OC(=O)N[C@H](C(=O)N[C@@H](Cc1ccc(OCc2ccccc2)cc1)C(=O)C(F)(F)C(=O)NCc1ccccc1)C(C)C)c1ccccc1. The van der Waals surface area contributed by atoms with E-state index < -0.39 is 66.1 Å². The smallest absolute Gasteiger partial charge is 0.408 e. The summed E-state index contributed by atoms with van der Waals surface area (Å²) in [5.74, 6) is -10.3. The molecule has 53 heavy (non-hydrogen) atoms. The molecule has 0 fully saturated rings. The van der Waals surface area contributed by atoms with Crippen molar-refractivity contribution < 1.29 is 47.0 Å². The van der Waals surface area contributed by atoms with Crippen molar-refractivity contribution in [2.45, 2.75) is 57.5 Å². The van der Waals surface area contributed by atoms with Crippen LogP contribution < -0.4 is 20.7 Å². The number of ketones is 1. The molecule has 0 aliphatic rings. The molecule has 3 amide bonds. The second-order valence-electron chi connectivity index (χ2n) is 12.4. The molecule has 0 aromatic heterocycles. The first-order chi connectivity index (χ1) is 25.4. The highest BCUT2D eigenvalue weighted by molar-refractivity contribution is 6.10. The molecule has 11 nitrogen and oxygen atoms in total. The topological polar surface area (TPSA) is 149 Å². The predicted molar refractivity (Wildman–Crippen MR) is 191 cm³/mol. The van der Waals surface area contributed by atoms with Gasteiger partial charge in [0.1, 0.15) is 18.4 Å². The van der Waals surface area contributed by atoms with Gasteiger partial charge in [0.15, 0.2) is 0 Å². The van der Waals surface area contributed by atoms with Crippen molar-refractivity contribution in [3.63, 3.8) is 0 Å². The summed E-state index contributed by atoms with van der Waals surface area (Å²) in [4.78, 5) is 65.3. The van der Waals surface area contributed by atoms with Crippen LogP contribution >= 0.6 is 0 Å². The summed E-state index contributed by atoms with van der Waals surface area (Å²) >= 11 is 0. The highest BCUT2D eigenvalue weighted by atomic mass is 19.3. The molecule has 13 heteroatoms. The number of rotatable bonds is 17. The first-order valence-electron chi connectivity index (χ1n) is 16.8. The standard InChI is InChI=1S/C40H41F2N3O8/c1-26(2)33(45-39(50)53-34(37(48)51-3)30-17-11-6-12-18-30)36(47)44-32(35(46)40(41,42)38(49)43-24-28-13-7-4-8-14-28)23-27-19-21-31(22-20-27)52-25-29-15-9-5-10-16-29/h4-22,26,32-34H,23-25H2,1-3H3,(H,43,49)(H,44,47)(H,45,50)/t32-,33-,34+/m0/s1. The van der Waals surface area contributed by atoms with Crippen molar-refractivity contribution in [3.8, 4) is 5.75 Å². The molecular weight excluding hydrogens is 688 g/mol. The number of alkyl halides is 2. The quantitative estimate of drug-likeness (QED) is 0.0957. The first kappa shape index (κ1) is 39.7. The van der Waals surface area contributed by atoms with Crippen molar-refractivity contribution in [1.29, 1.82) is 0 Å². The van der Waals surface area contributed by atoms with Crippen LogP contribution in [0.5, 0.6) is 5.75 Å². The van der Waals surface area contributed by atoms with Crippen molar-refractivity contribution in [1.82, 2.24) is 16.0 Å². The molecule has 4 aromatic rings. The normalized spacial score (nSPS) is 12.8. The maximum Gasteiger partial charge on any atom is 0.408 e. The molecule has 0 saturated carbocycles. The predicted octanol–water partition coefficient (Wildman–Crippen LogP) is 5.48. The lowest BCUT2D eigenvalue weighted by molar-refractivity contribution is -0.160. The Kier molecular flexibility index (Phi) is 14.2. The molecule has 0 unspecified atom stereocenters. The fourth-order valence-electron chi connectivity index (χ4n) is 5.18. The molecule has 4 rings (SSSR count). The van der Waals surface area contributed by atoms with E-state index in [1.807, 2.05) is 30.3 Å². The van der Waals surface area contributed by atoms with Crippen LogP contribution in [0, 0.1) is 5.92 Å². The molecule has 0 heterocycles. The van der Waals surface area contributed by atoms with Crippen LogP contribution in [0.1, 0.15) is 42.2 Å². The molecule has 0 bridgehead atoms. The van der Waals surface area contributed by atoms with Crippen LogP contribution in [-0.2, 0) is 48.2 Å². The molecule has 0 saturated heterocycles. The van der Waals surface area contributed by atoms with Crippen molar-refractivity contribution in [2.24, 2.45) is 5.92 Å². The van der Waals surface area contributed by atoms with Gasteiger partial charge in [0.25, 0.3) is 5.91 Å². The Balaban J connectivity index is 1.52. The van der Waals surface area contributed by atoms with Crippen LogP contribution in [0.15, 0.2) is 115 Å². The minimum absolute atomic E-state index is 0.263. The number of nitrogens with one attached hydrogen (secondary N) is 3. The maximum absolute atomic E-state index is 15.6. The van der Waals surface area contributed by atoms with Crippen LogP contribution in [0.2, 0.25) is 0 Å². The zero-order valence-electron chi connectivity index (χ0n) is 29.4. The van der Waals surface area contributed by atoms with Gasteiger partial charge < -0.3 is 30.2 Å². The van der Waals surface area contributed by atoms with E-state index in [0.717, 1.165) is 12.7 Å². The van der Waals surface area contributed by atoms with Gasteiger partial charge in [-0.1, -0.05) is 117 Å². The number of hydrogen-bond donors (Lipinski definition) is 3. The molecule has 278 valence electrons. The van der Waals surface area contributed by atoms with E-state index in [0.29, 0.717) is 22.4 Å². The van der Waals surface area contributed by atoms with Gasteiger partial charge in [-0.15, -0.1) is 0 Å². The molecule has 0 radical (unpaired) electrons. The van der Waals surface area contributed by atoms with Gasteiger partial charge in [0.2, 0.25) is 17.8 Å². The summed E-state index contributed by atoms with van der Waals surface area (Å²) in [5.41, 5.74) is 2.13. The second-order valence-corrected chi connectivity index (χ2v) is 12.4. The molecule has 0 aliphatic heterocycles. The third-order valence-corrected chi connectivity index (χ3v) is 8.10. The van der Waals surface area contributed by atoms with Gasteiger partial charge in [-0.2, -0.15) is 8.78 Å². The zero-order chi connectivity index (χ0) is 38.4. The number of esters is 1. The Morgan fingerprint density at radius 3 is 1.85 bits per heavy atom. The number of Topliss-reactive ketones (excluding diaryl/α,β-unsaturated/α-hetero) is 1. The van der Waals surface area contributed by atoms with Crippen LogP contribution in [0.25, 0.3) is 0 Å². The largest absolute Gasteiger partial charge is 0.489 e. The first-order valence-corrected chi connectivity index (χ1v) is 16.8. The number of carbonyl (C=O) groups is 5. The fourth-order valence-corrected chi connectivity index (χ4v) is 5.18. The van der Waals surface area contributed by atoms with Crippen LogP contribution in [0.4, 0.5) is 13.6 Å². The number of benzene rings is 4. The van der Waals surface area contributed by atoms with Gasteiger partial charge in [-0.25, -0.2) is 9.59 Å². The molecule has 4 aromatic carbocycles. The van der Waals surface area contributed by atoms with Crippen molar-refractivity contribution >= 4 is 29.7 Å². The van der Waals surface area contributed by atoms with E-state index in [-0.39, 0.29) is 13.2 Å². The number of halogens is 2. The number of hydrogen-bond acceptors (Lipinski definition) is 8. The average Bonchev–Trinajstić information content (AvgIpc) is 3.17. The van der Waals surface area contributed by atoms with E-state index >= 15 is 8.78 Å². The summed E-state index contributed by atoms with van der Waals surface area (Å²) < 4.78 is 47.0. The van der Waals surface area contributed by atoms with Gasteiger partial charge in [0.05, 0.1) is 13.2 Å². The lowest BCUT2D eigenvalue weighted by Crippen LogP contribution is -2.59. The van der Waals surface area contributed by atoms with Crippen molar-refractivity contribution in [2.75, 3.05) is 7.11 Å². The van der Waals surface area contributed by atoms with Gasteiger partial charge >= 0.3 is 18.0 Å². The lowest BCUT2D eigenvalue weighted by Gasteiger charge is -2.27. The number of ether oxygens (including phenoxy) is 3. The highest BCUT2D eigenvalue weighted by Crippen LogP contribution is 2.23. The van der Waals surface area contributed by atoms with E-state index in [2.05, 4.69) is 16.0 Å². The summed E-state index contributed by atoms with van der Waals surface area (Å²) in [6.07, 6.45) is -3.09. The van der Waals surface area contributed by atoms with Gasteiger partial charge in [-0.3, -0.25) is 14.4 Å². The minimum Gasteiger partial charge on any atom is -0.489 e. The Morgan fingerprint density at radius 1 is 0.717 bits per heavy atom. The van der Waals surface area contributed by atoms with E-state index in [4.69, 9.17) is 14.2 Å². The van der Waals surface area contributed by atoms with Crippen molar-refractivity contribution in [3.05, 3.63) is 138 Å². The van der Waals surface area contributed by atoms with E-state index in [9.17, 15) is 24.0 Å². The third kappa shape index (κ3) is 11.4. The Bertz CT molecular complexity index is 1830. The maximum atomic E-state index is 15.6. The number of carbonyl (C=O) groups excluding carboxylic acids is 5. The molecule has 0 aliphatic carbocycles. The highest BCUT2D eigenvalue weighted by Gasteiger charge is 2.50. The molecule has 0 spiro atoms. The minimum atomic E-state index is -4.55. The monoisotopic (exact) mass is 729 g/mol. The molecule has 3 N–H and O–H groups in total. The number of alkyl carbamates (subject to hydrolysis) is 1. The number of amides is 3. The Hall–Kier alpha value is -6.11. The average molecular weight is 730 g/mol. The third-order valence-electron chi connectivity index (χ3n) is 8.10. The summed E-state index contributed by atoms with van der Waals surface area (Å²) in [7, 11) is 1.12. The lowest BCUT2D eigenvalue weighted by atomic mass is 9.96. The van der Waals surface area contributed by atoms with Crippen LogP contribution in [-0.4, -0.2) is 54.8 Å². The summed E-state index contributed by atoms with van der Waals surface area (Å²) in [6.45, 7) is 3.15. The van der Waals surface area contributed by atoms with Gasteiger partial charge in [-0.05, 0) is 34.7 Å². The van der Waals surface area contributed by atoms with Gasteiger partial charge in [0, 0.05) is 18.5 Å². The summed E-state index contributed by atoms with van der Waals surface area (Å²) in [6, 6.07) is 28.7. The van der Waals surface area contributed by atoms with Crippen LogP contribution in [0.3, 0.4) is 0 Å².